The fourth-order valence-electron chi connectivity index (χ4n) is 7.22. The van der Waals surface area contributed by atoms with E-state index in [-0.39, 0.29) is 0 Å². The predicted octanol–water partition coefficient (Wildman–Crippen LogP) is 6.29. The SMILES string of the molecule is O=C(O)c1cc(-c2ccc3ccccc3c2)[nH]c1CC12CC3CC(CC(C3)C1)C2. The van der Waals surface area contributed by atoms with Crippen molar-refractivity contribution >= 4 is 16.7 Å². The standard InChI is InChI=1S/C26H27NO2/c28-25(29)22-11-23(21-6-5-19-3-1-2-4-20(19)10-21)27-24(22)15-26-12-16-7-17(13-26)9-18(8-16)14-26/h1-6,10-11,16-18,27H,7-9,12-15H2,(H,28,29). The van der Waals surface area contributed by atoms with Gasteiger partial charge in [-0.05, 0) is 96.6 Å². The van der Waals surface area contributed by atoms with Crippen LogP contribution in [0.4, 0.5) is 0 Å². The topological polar surface area (TPSA) is 53.1 Å². The second-order valence-corrected chi connectivity index (χ2v) is 10.0. The van der Waals surface area contributed by atoms with Crippen molar-refractivity contribution in [3.63, 3.8) is 0 Å². The number of carbonyl (C=O) groups is 1. The lowest BCUT2D eigenvalue weighted by atomic mass is 9.48. The van der Waals surface area contributed by atoms with E-state index in [2.05, 4.69) is 35.3 Å². The maximum atomic E-state index is 12.0. The summed E-state index contributed by atoms with van der Waals surface area (Å²) in [6.45, 7) is 0. The van der Waals surface area contributed by atoms with Gasteiger partial charge in [0.05, 0.1) is 5.56 Å². The fourth-order valence-corrected chi connectivity index (χ4v) is 7.22. The van der Waals surface area contributed by atoms with E-state index in [1.54, 1.807) is 0 Å². The van der Waals surface area contributed by atoms with Crippen molar-refractivity contribution in [2.75, 3.05) is 0 Å². The molecule has 29 heavy (non-hydrogen) atoms. The molecular formula is C26H27NO2. The number of rotatable bonds is 4. The average Bonchev–Trinajstić information content (AvgIpc) is 3.10. The summed E-state index contributed by atoms with van der Waals surface area (Å²) in [4.78, 5) is 15.6. The molecule has 0 atom stereocenters. The Balaban J connectivity index is 1.37. The monoisotopic (exact) mass is 385 g/mol. The Labute approximate surface area is 171 Å². The first kappa shape index (κ1) is 17.3. The number of fused-ring (bicyclic) bond motifs is 1. The average molecular weight is 386 g/mol. The summed E-state index contributed by atoms with van der Waals surface area (Å²) < 4.78 is 0. The van der Waals surface area contributed by atoms with Crippen LogP contribution in [0.1, 0.15) is 54.6 Å². The van der Waals surface area contributed by atoms with Crippen LogP contribution in [0.15, 0.2) is 48.5 Å². The Hall–Kier alpha value is -2.55. The molecule has 0 spiro atoms. The van der Waals surface area contributed by atoms with Gasteiger partial charge in [0.15, 0.2) is 0 Å². The summed E-state index contributed by atoms with van der Waals surface area (Å²) in [5, 5.41) is 12.3. The number of aromatic amines is 1. The van der Waals surface area contributed by atoms with Gasteiger partial charge in [-0.3, -0.25) is 0 Å². The molecule has 0 amide bonds. The molecule has 3 heteroatoms. The number of carboxylic acids is 1. The van der Waals surface area contributed by atoms with Gasteiger partial charge in [-0.1, -0.05) is 36.4 Å². The van der Waals surface area contributed by atoms with E-state index in [0.29, 0.717) is 11.0 Å². The number of aromatic nitrogens is 1. The quantitative estimate of drug-likeness (QED) is 0.554. The summed E-state index contributed by atoms with van der Waals surface area (Å²) >= 11 is 0. The minimum atomic E-state index is -0.812. The minimum absolute atomic E-state index is 0.324. The second kappa shape index (κ2) is 6.22. The van der Waals surface area contributed by atoms with Gasteiger partial charge in [0.2, 0.25) is 0 Å². The first-order valence-corrected chi connectivity index (χ1v) is 11.0. The molecule has 3 nitrogen and oxygen atoms in total. The summed E-state index contributed by atoms with van der Waals surface area (Å²) in [6, 6.07) is 16.5. The minimum Gasteiger partial charge on any atom is -0.478 e. The maximum absolute atomic E-state index is 12.0. The molecule has 4 bridgehead atoms. The lowest BCUT2D eigenvalue weighted by Crippen LogP contribution is -2.47. The molecule has 4 aliphatic carbocycles. The molecule has 0 saturated heterocycles. The van der Waals surface area contributed by atoms with E-state index < -0.39 is 5.97 Å². The van der Waals surface area contributed by atoms with Gasteiger partial charge in [0.25, 0.3) is 0 Å². The van der Waals surface area contributed by atoms with E-state index >= 15 is 0 Å². The van der Waals surface area contributed by atoms with Gasteiger partial charge in [-0.2, -0.15) is 0 Å². The molecule has 2 N–H and O–H groups in total. The highest BCUT2D eigenvalue weighted by molar-refractivity contribution is 5.92. The highest BCUT2D eigenvalue weighted by Gasteiger charge is 2.51. The van der Waals surface area contributed by atoms with Crippen LogP contribution in [0, 0.1) is 23.2 Å². The normalized spacial score (nSPS) is 30.1. The molecule has 1 aromatic heterocycles. The highest BCUT2D eigenvalue weighted by Crippen LogP contribution is 2.61. The Morgan fingerprint density at radius 1 is 0.931 bits per heavy atom. The van der Waals surface area contributed by atoms with Crippen LogP contribution in [0.25, 0.3) is 22.0 Å². The molecule has 4 aliphatic rings. The van der Waals surface area contributed by atoms with Crippen LogP contribution in [0.5, 0.6) is 0 Å². The molecule has 2 aromatic carbocycles. The van der Waals surface area contributed by atoms with Crippen LogP contribution in [0.2, 0.25) is 0 Å². The molecule has 148 valence electrons. The summed E-state index contributed by atoms with van der Waals surface area (Å²) in [5.41, 5.74) is 3.70. The summed E-state index contributed by atoms with van der Waals surface area (Å²) in [6.07, 6.45) is 9.02. The number of hydrogen-bond donors (Lipinski definition) is 2. The van der Waals surface area contributed by atoms with Crippen LogP contribution in [0.3, 0.4) is 0 Å². The third kappa shape index (κ3) is 2.90. The van der Waals surface area contributed by atoms with Crippen molar-refractivity contribution in [1.29, 1.82) is 0 Å². The number of H-pyrrole nitrogens is 1. The molecule has 4 fully saturated rings. The Morgan fingerprint density at radius 3 is 2.24 bits per heavy atom. The van der Waals surface area contributed by atoms with Crippen molar-refractivity contribution in [1.82, 2.24) is 4.98 Å². The summed E-state index contributed by atoms with van der Waals surface area (Å²) in [7, 11) is 0. The second-order valence-electron chi connectivity index (χ2n) is 10.0. The van der Waals surface area contributed by atoms with Crippen molar-refractivity contribution in [2.45, 2.75) is 44.9 Å². The lowest BCUT2D eigenvalue weighted by Gasteiger charge is -2.57. The number of aromatic carboxylic acids is 1. The number of nitrogens with one attached hydrogen (secondary N) is 1. The Morgan fingerprint density at radius 2 is 1.59 bits per heavy atom. The zero-order valence-electron chi connectivity index (χ0n) is 16.7. The molecule has 4 saturated carbocycles. The number of benzene rings is 2. The molecule has 3 aromatic rings. The number of hydrogen-bond acceptors (Lipinski definition) is 1. The largest absolute Gasteiger partial charge is 0.478 e. The van der Waals surface area contributed by atoms with E-state index in [9.17, 15) is 9.90 Å². The van der Waals surface area contributed by atoms with Crippen molar-refractivity contribution in [3.05, 3.63) is 59.8 Å². The van der Waals surface area contributed by atoms with Crippen LogP contribution < -0.4 is 0 Å². The molecule has 0 aliphatic heterocycles. The van der Waals surface area contributed by atoms with Gasteiger partial charge in [-0.15, -0.1) is 0 Å². The van der Waals surface area contributed by atoms with Gasteiger partial charge >= 0.3 is 5.97 Å². The van der Waals surface area contributed by atoms with Gasteiger partial charge in [0, 0.05) is 11.4 Å². The van der Waals surface area contributed by atoms with E-state index in [1.165, 1.54) is 49.3 Å². The van der Waals surface area contributed by atoms with E-state index in [0.717, 1.165) is 41.1 Å². The smallest absolute Gasteiger partial charge is 0.337 e. The van der Waals surface area contributed by atoms with Crippen LogP contribution in [-0.2, 0) is 6.42 Å². The first-order valence-electron chi connectivity index (χ1n) is 11.0. The molecule has 0 unspecified atom stereocenters. The molecule has 0 radical (unpaired) electrons. The van der Waals surface area contributed by atoms with E-state index in [4.69, 9.17) is 0 Å². The lowest BCUT2D eigenvalue weighted by molar-refractivity contribution is -0.0526. The third-order valence-corrected chi connectivity index (χ3v) is 7.91. The van der Waals surface area contributed by atoms with Crippen molar-refractivity contribution < 1.29 is 9.90 Å². The Kier molecular flexibility index (Phi) is 3.72. The third-order valence-electron chi connectivity index (χ3n) is 7.91. The van der Waals surface area contributed by atoms with Gasteiger partial charge in [-0.25, -0.2) is 4.79 Å². The maximum Gasteiger partial charge on any atom is 0.337 e. The molecule has 1 heterocycles. The molecular weight excluding hydrogens is 358 g/mol. The Bertz CT molecular complexity index is 1070. The highest BCUT2D eigenvalue weighted by atomic mass is 16.4. The van der Waals surface area contributed by atoms with Crippen LogP contribution >= 0.6 is 0 Å². The zero-order valence-corrected chi connectivity index (χ0v) is 16.7. The van der Waals surface area contributed by atoms with Crippen molar-refractivity contribution in [3.8, 4) is 11.3 Å². The number of carboxylic acid groups (broad SMARTS) is 1. The first-order chi connectivity index (χ1) is 14.1. The molecule has 7 rings (SSSR count). The predicted molar refractivity (Wildman–Crippen MR) is 115 cm³/mol. The van der Waals surface area contributed by atoms with E-state index in [1.807, 2.05) is 18.2 Å². The zero-order chi connectivity index (χ0) is 19.6. The van der Waals surface area contributed by atoms with Crippen LogP contribution in [-0.4, -0.2) is 16.1 Å². The van der Waals surface area contributed by atoms with Gasteiger partial charge < -0.3 is 10.1 Å². The fraction of sp³-hybridized carbons (Fsp3) is 0.423. The summed E-state index contributed by atoms with van der Waals surface area (Å²) in [5.74, 6) is 1.83. The van der Waals surface area contributed by atoms with Crippen molar-refractivity contribution in [2.24, 2.45) is 23.2 Å². The van der Waals surface area contributed by atoms with Gasteiger partial charge in [0.1, 0.15) is 0 Å².